The molecule has 2 aromatic rings. The van der Waals surface area contributed by atoms with E-state index >= 15 is 0 Å². The minimum atomic E-state index is -0.402. The molecule has 1 atom stereocenters. The number of aromatic nitrogens is 2. The molecule has 0 spiro atoms. The molecule has 6 nitrogen and oxygen atoms in total. The number of amides is 2. The van der Waals surface area contributed by atoms with Crippen LogP contribution in [-0.2, 0) is 7.05 Å². The molecular weight excluding hydrogens is 292 g/mol. The molecule has 0 saturated heterocycles. The highest BCUT2D eigenvalue weighted by atomic mass is 35.5. The monoisotopic (exact) mass is 308 g/mol. The zero-order valence-corrected chi connectivity index (χ0v) is 12.3. The molecule has 0 aliphatic rings. The van der Waals surface area contributed by atoms with Gasteiger partial charge in [-0.25, -0.2) is 9.78 Å². The summed E-state index contributed by atoms with van der Waals surface area (Å²) < 4.78 is 1.84. The van der Waals surface area contributed by atoms with Crippen molar-refractivity contribution in [2.45, 2.75) is 6.04 Å². The third-order valence-corrected chi connectivity index (χ3v) is 3.24. The Hall–Kier alpha value is -2.05. The fourth-order valence-corrected chi connectivity index (χ4v) is 2.09. The summed E-state index contributed by atoms with van der Waals surface area (Å²) in [4.78, 5) is 16.1. The van der Waals surface area contributed by atoms with Crippen molar-refractivity contribution in [2.24, 2.45) is 7.05 Å². The number of hydrogen-bond donors (Lipinski definition) is 3. The van der Waals surface area contributed by atoms with Crippen LogP contribution in [0.2, 0.25) is 5.02 Å². The van der Waals surface area contributed by atoms with Gasteiger partial charge in [0.25, 0.3) is 0 Å². The first kappa shape index (κ1) is 15.3. The zero-order chi connectivity index (χ0) is 15.2. The van der Waals surface area contributed by atoms with Gasteiger partial charge in [-0.15, -0.1) is 0 Å². The maximum Gasteiger partial charge on any atom is 0.315 e. The molecule has 21 heavy (non-hydrogen) atoms. The molecule has 0 bridgehead atoms. The van der Waals surface area contributed by atoms with Crippen LogP contribution in [0.15, 0.2) is 36.7 Å². The highest BCUT2D eigenvalue weighted by molar-refractivity contribution is 6.30. The van der Waals surface area contributed by atoms with Crippen molar-refractivity contribution in [3.8, 4) is 0 Å². The molecular formula is C14H17ClN4O2. The topological polar surface area (TPSA) is 79.2 Å². The lowest BCUT2D eigenvalue weighted by molar-refractivity contribution is 0.231. The predicted molar refractivity (Wildman–Crippen MR) is 80.1 cm³/mol. The molecule has 0 aliphatic carbocycles. The first-order valence-corrected chi connectivity index (χ1v) is 6.87. The minimum Gasteiger partial charge on any atom is -0.395 e. The van der Waals surface area contributed by atoms with Gasteiger partial charge in [0.1, 0.15) is 11.9 Å². The van der Waals surface area contributed by atoms with E-state index in [1.165, 1.54) is 0 Å². The van der Waals surface area contributed by atoms with E-state index in [4.69, 9.17) is 16.7 Å². The summed E-state index contributed by atoms with van der Waals surface area (Å²) in [7, 11) is 1.86. The van der Waals surface area contributed by atoms with Crippen LogP contribution in [0, 0.1) is 0 Å². The molecule has 0 radical (unpaired) electrons. The molecule has 1 unspecified atom stereocenters. The van der Waals surface area contributed by atoms with E-state index in [-0.39, 0.29) is 19.2 Å². The van der Waals surface area contributed by atoms with E-state index in [0.29, 0.717) is 10.8 Å². The van der Waals surface area contributed by atoms with Crippen molar-refractivity contribution in [1.82, 2.24) is 20.2 Å². The van der Waals surface area contributed by atoms with Gasteiger partial charge in [0.05, 0.1) is 6.61 Å². The Morgan fingerprint density at radius 3 is 2.71 bits per heavy atom. The number of urea groups is 1. The third kappa shape index (κ3) is 3.96. The van der Waals surface area contributed by atoms with Crippen LogP contribution in [-0.4, -0.2) is 33.8 Å². The zero-order valence-electron chi connectivity index (χ0n) is 11.6. The van der Waals surface area contributed by atoms with Gasteiger partial charge >= 0.3 is 6.03 Å². The summed E-state index contributed by atoms with van der Waals surface area (Å²) >= 11 is 5.90. The van der Waals surface area contributed by atoms with Crippen LogP contribution in [0.25, 0.3) is 0 Å². The lowest BCUT2D eigenvalue weighted by Crippen LogP contribution is -2.40. The van der Waals surface area contributed by atoms with Crippen LogP contribution in [0.4, 0.5) is 4.79 Å². The summed E-state index contributed by atoms with van der Waals surface area (Å²) in [5.74, 6) is 0.705. The number of aryl methyl sites for hydroxylation is 1. The second kappa shape index (κ2) is 7.10. The number of carbonyl (C=O) groups is 1. The van der Waals surface area contributed by atoms with Crippen molar-refractivity contribution < 1.29 is 9.90 Å². The predicted octanol–water partition coefficient (Wildman–Crippen LogP) is 1.45. The molecule has 3 N–H and O–H groups in total. The number of hydrogen-bond acceptors (Lipinski definition) is 3. The Balaban J connectivity index is 2.25. The Bertz CT molecular complexity index is 597. The van der Waals surface area contributed by atoms with Crippen molar-refractivity contribution in [1.29, 1.82) is 0 Å². The Labute approximate surface area is 127 Å². The number of benzene rings is 1. The summed E-state index contributed by atoms with van der Waals surface area (Å²) in [6.07, 6.45) is 3.48. The lowest BCUT2D eigenvalue weighted by Gasteiger charge is -2.19. The molecule has 0 fully saturated rings. The summed E-state index contributed by atoms with van der Waals surface area (Å²) in [5, 5.41) is 14.8. The van der Waals surface area contributed by atoms with Crippen molar-refractivity contribution >= 4 is 17.6 Å². The van der Waals surface area contributed by atoms with Crippen molar-refractivity contribution in [3.63, 3.8) is 0 Å². The summed E-state index contributed by atoms with van der Waals surface area (Å²) in [5.41, 5.74) is 0.868. The molecule has 112 valence electrons. The fourth-order valence-electron chi connectivity index (χ4n) is 1.96. The number of aliphatic hydroxyl groups is 1. The van der Waals surface area contributed by atoms with E-state index in [2.05, 4.69) is 15.6 Å². The molecule has 2 amide bonds. The lowest BCUT2D eigenvalue weighted by atomic mass is 10.1. The van der Waals surface area contributed by atoms with Gasteiger partial charge in [-0.1, -0.05) is 23.7 Å². The van der Waals surface area contributed by atoms with Crippen molar-refractivity contribution in [2.75, 3.05) is 13.2 Å². The van der Waals surface area contributed by atoms with Crippen LogP contribution in [0.3, 0.4) is 0 Å². The Morgan fingerprint density at radius 1 is 1.43 bits per heavy atom. The summed E-state index contributed by atoms with van der Waals surface area (Å²) in [6, 6.07) is 6.44. The third-order valence-electron chi connectivity index (χ3n) is 2.99. The van der Waals surface area contributed by atoms with Gasteiger partial charge in [0.15, 0.2) is 0 Å². The van der Waals surface area contributed by atoms with E-state index in [0.717, 1.165) is 5.56 Å². The highest BCUT2D eigenvalue weighted by Gasteiger charge is 2.20. The van der Waals surface area contributed by atoms with Gasteiger partial charge < -0.3 is 20.3 Å². The largest absolute Gasteiger partial charge is 0.395 e. The van der Waals surface area contributed by atoms with Crippen LogP contribution >= 0.6 is 11.6 Å². The van der Waals surface area contributed by atoms with Gasteiger partial charge in [0.2, 0.25) is 0 Å². The smallest absolute Gasteiger partial charge is 0.315 e. The number of imidazole rings is 1. The van der Waals surface area contributed by atoms with Crippen LogP contribution in [0.5, 0.6) is 0 Å². The molecule has 0 aliphatic heterocycles. The van der Waals surface area contributed by atoms with Crippen LogP contribution < -0.4 is 10.6 Å². The van der Waals surface area contributed by atoms with Crippen LogP contribution in [0.1, 0.15) is 17.4 Å². The quantitative estimate of drug-likeness (QED) is 0.782. The number of carbonyl (C=O) groups excluding carboxylic acids is 1. The fraction of sp³-hybridized carbons (Fsp3) is 0.286. The van der Waals surface area contributed by atoms with E-state index < -0.39 is 6.04 Å². The average molecular weight is 309 g/mol. The molecule has 7 heteroatoms. The SMILES string of the molecule is Cn1ccnc1C(NC(=O)NCCO)c1ccc(Cl)cc1. The molecule has 0 saturated carbocycles. The average Bonchev–Trinajstić information content (AvgIpc) is 2.89. The highest BCUT2D eigenvalue weighted by Crippen LogP contribution is 2.22. The summed E-state index contributed by atoms with van der Waals surface area (Å²) in [6.45, 7) is 0.0845. The van der Waals surface area contributed by atoms with Crippen molar-refractivity contribution in [3.05, 3.63) is 53.1 Å². The maximum atomic E-state index is 11.9. The number of rotatable bonds is 5. The number of aliphatic hydroxyl groups excluding tert-OH is 1. The van der Waals surface area contributed by atoms with Gasteiger partial charge in [-0.05, 0) is 17.7 Å². The second-order valence-corrected chi connectivity index (χ2v) is 4.94. The van der Waals surface area contributed by atoms with Gasteiger partial charge in [-0.2, -0.15) is 0 Å². The molecule has 1 aromatic heterocycles. The molecule has 2 rings (SSSR count). The molecule has 1 aromatic carbocycles. The maximum absolute atomic E-state index is 11.9. The minimum absolute atomic E-state index is 0.110. The number of nitrogens with zero attached hydrogens (tertiary/aromatic N) is 2. The van der Waals surface area contributed by atoms with Gasteiger partial charge in [0, 0.05) is 31.0 Å². The Kier molecular flexibility index (Phi) is 5.19. The number of nitrogens with one attached hydrogen (secondary N) is 2. The molecule has 1 heterocycles. The second-order valence-electron chi connectivity index (χ2n) is 4.50. The van der Waals surface area contributed by atoms with Gasteiger partial charge in [-0.3, -0.25) is 0 Å². The first-order chi connectivity index (χ1) is 10.1. The Morgan fingerprint density at radius 2 is 2.14 bits per heavy atom. The van der Waals surface area contributed by atoms with E-state index in [9.17, 15) is 4.79 Å². The first-order valence-electron chi connectivity index (χ1n) is 6.49. The standard InChI is InChI=1S/C14H17ClN4O2/c1-19-8-6-16-13(19)12(18-14(21)17-7-9-20)10-2-4-11(15)5-3-10/h2-6,8,12,20H,7,9H2,1H3,(H2,17,18,21). The normalized spacial score (nSPS) is 12.0. The van der Waals surface area contributed by atoms with E-state index in [1.54, 1.807) is 18.3 Å². The van der Waals surface area contributed by atoms with E-state index in [1.807, 2.05) is 29.9 Å². The number of halogens is 1.